The van der Waals surface area contributed by atoms with Gasteiger partial charge in [0, 0.05) is 14.5 Å². The molecule has 10 atom stereocenters. The van der Waals surface area contributed by atoms with E-state index in [9.17, 15) is 0 Å². The Bertz CT molecular complexity index is 622. The molecular formula is C27H45Br2Cl. The van der Waals surface area contributed by atoms with Crippen LogP contribution in [0.25, 0.3) is 0 Å². The monoisotopic (exact) mass is 562 g/mol. The normalized spacial score (nSPS) is 51.9. The van der Waals surface area contributed by atoms with Crippen LogP contribution < -0.4 is 0 Å². The molecule has 0 heterocycles. The maximum absolute atomic E-state index is 6.70. The third kappa shape index (κ3) is 3.81. The molecule has 0 saturated heterocycles. The Morgan fingerprint density at radius 3 is 2.40 bits per heavy atom. The van der Waals surface area contributed by atoms with Crippen LogP contribution in [-0.2, 0) is 0 Å². The van der Waals surface area contributed by atoms with E-state index in [1.54, 1.807) is 0 Å². The van der Waals surface area contributed by atoms with Crippen molar-refractivity contribution in [1.29, 1.82) is 0 Å². The third-order valence-electron chi connectivity index (χ3n) is 10.9. The summed E-state index contributed by atoms with van der Waals surface area (Å²) in [4.78, 5) is 0.558. The van der Waals surface area contributed by atoms with E-state index < -0.39 is 0 Å². The highest BCUT2D eigenvalue weighted by molar-refractivity contribution is 9.12. The molecule has 0 aromatic carbocycles. The molecule has 4 rings (SSSR count). The van der Waals surface area contributed by atoms with Gasteiger partial charge in [0.25, 0.3) is 0 Å². The van der Waals surface area contributed by atoms with Crippen molar-refractivity contribution < 1.29 is 0 Å². The van der Waals surface area contributed by atoms with Gasteiger partial charge in [-0.2, -0.15) is 0 Å². The standard InChI is InChI=1S/C27H45Br2Cl/c1-17(2)7-6-8-18(3)21-9-10-22-20-15-24(28)27(29)16-19(30)11-14-26(27,5)23(20)12-13-25(21,22)4/h17-24H,6-16H2,1-5H3. The molecule has 0 bridgehead atoms. The molecule has 4 aliphatic carbocycles. The van der Waals surface area contributed by atoms with Crippen molar-refractivity contribution in [2.45, 2.75) is 120 Å². The molecule has 174 valence electrons. The number of alkyl halides is 3. The Morgan fingerprint density at radius 1 is 0.967 bits per heavy atom. The van der Waals surface area contributed by atoms with Gasteiger partial charge < -0.3 is 0 Å². The Labute approximate surface area is 208 Å². The van der Waals surface area contributed by atoms with E-state index in [4.69, 9.17) is 11.6 Å². The van der Waals surface area contributed by atoms with Gasteiger partial charge in [0.2, 0.25) is 0 Å². The van der Waals surface area contributed by atoms with Crippen molar-refractivity contribution in [3.8, 4) is 0 Å². The lowest BCUT2D eigenvalue weighted by atomic mass is 9.44. The second-order valence-corrected chi connectivity index (χ2v) is 15.9. The SMILES string of the molecule is CC(C)CCCC(C)C1CCC2C3CC(Br)C4(Br)CC(Cl)CCC4(C)C3CCC12C. The van der Waals surface area contributed by atoms with Crippen LogP contribution in [0.2, 0.25) is 0 Å². The lowest BCUT2D eigenvalue weighted by Gasteiger charge is -2.65. The van der Waals surface area contributed by atoms with E-state index in [0.29, 0.717) is 21.0 Å². The Kier molecular flexibility index (Phi) is 7.15. The highest BCUT2D eigenvalue weighted by Crippen LogP contribution is 2.71. The minimum Gasteiger partial charge on any atom is -0.123 e. The largest absolute Gasteiger partial charge is 0.123 e. The minimum absolute atomic E-state index is 0.182. The summed E-state index contributed by atoms with van der Waals surface area (Å²) in [7, 11) is 0. The first-order chi connectivity index (χ1) is 14.0. The first-order valence-electron chi connectivity index (χ1n) is 13.0. The van der Waals surface area contributed by atoms with Gasteiger partial charge in [-0.25, -0.2) is 0 Å². The van der Waals surface area contributed by atoms with Crippen LogP contribution in [0.5, 0.6) is 0 Å². The molecular weight excluding hydrogens is 520 g/mol. The van der Waals surface area contributed by atoms with E-state index in [0.717, 1.165) is 41.9 Å². The van der Waals surface area contributed by atoms with Crippen molar-refractivity contribution in [3.63, 3.8) is 0 Å². The second kappa shape index (κ2) is 8.79. The Hall–Kier alpha value is 1.25. The van der Waals surface area contributed by atoms with Crippen molar-refractivity contribution in [2.75, 3.05) is 0 Å². The van der Waals surface area contributed by atoms with Gasteiger partial charge >= 0.3 is 0 Å². The molecule has 4 aliphatic rings. The average Bonchev–Trinajstić information content (AvgIpc) is 3.01. The molecule has 0 aliphatic heterocycles. The highest BCUT2D eigenvalue weighted by atomic mass is 79.9. The molecule has 0 aromatic rings. The number of hydrogen-bond donors (Lipinski definition) is 0. The molecule has 4 fully saturated rings. The zero-order valence-corrected chi connectivity index (χ0v) is 24.0. The van der Waals surface area contributed by atoms with Crippen molar-refractivity contribution >= 4 is 43.5 Å². The van der Waals surface area contributed by atoms with Gasteiger partial charge in [-0.05, 0) is 97.7 Å². The van der Waals surface area contributed by atoms with Crippen LogP contribution >= 0.6 is 43.5 Å². The zero-order valence-electron chi connectivity index (χ0n) is 20.0. The van der Waals surface area contributed by atoms with Gasteiger partial charge in [-0.3, -0.25) is 0 Å². The van der Waals surface area contributed by atoms with Crippen LogP contribution in [0, 0.1) is 46.3 Å². The number of fused-ring (bicyclic) bond motifs is 5. The maximum atomic E-state index is 6.70. The first-order valence-corrected chi connectivity index (χ1v) is 15.1. The quantitative estimate of drug-likeness (QED) is 0.292. The van der Waals surface area contributed by atoms with Crippen LogP contribution in [0.1, 0.15) is 105 Å². The predicted octanol–water partition coefficient (Wildman–Crippen LogP) is 9.61. The van der Waals surface area contributed by atoms with Crippen LogP contribution in [0.4, 0.5) is 0 Å². The van der Waals surface area contributed by atoms with Crippen LogP contribution in [-0.4, -0.2) is 14.5 Å². The third-order valence-corrected chi connectivity index (χ3v) is 14.8. The fraction of sp³-hybridized carbons (Fsp3) is 1.00. The van der Waals surface area contributed by atoms with Gasteiger partial charge in [0.1, 0.15) is 0 Å². The van der Waals surface area contributed by atoms with Gasteiger partial charge in [0.15, 0.2) is 0 Å². The summed E-state index contributed by atoms with van der Waals surface area (Å²) < 4.78 is 0.182. The van der Waals surface area contributed by atoms with E-state index in [2.05, 4.69) is 66.5 Å². The molecule has 0 spiro atoms. The Balaban J connectivity index is 1.53. The van der Waals surface area contributed by atoms with E-state index >= 15 is 0 Å². The minimum atomic E-state index is 0.182. The number of rotatable bonds is 5. The first kappa shape index (κ1) is 24.4. The average molecular weight is 565 g/mol. The molecule has 0 radical (unpaired) electrons. The smallest absolute Gasteiger partial charge is 0.0453 e. The maximum Gasteiger partial charge on any atom is 0.0453 e. The molecule has 0 amide bonds. The summed E-state index contributed by atoms with van der Waals surface area (Å²) in [5.74, 6) is 5.43. The zero-order chi connectivity index (χ0) is 21.9. The molecule has 4 saturated carbocycles. The van der Waals surface area contributed by atoms with Crippen molar-refractivity contribution in [3.05, 3.63) is 0 Å². The molecule has 0 nitrogen and oxygen atoms in total. The van der Waals surface area contributed by atoms with E-state index in [1.807, 2.05) is 0 Å². The summed E-state index contributed by atoms with van der Waals surface area (Å²) in [5.41, 5.74) is 0.968. The fourth-order valence-corrected chi connectivity index (χ4v) is 11.9. The van der Waals surface area contributed by atoms with E-state index in [1.165, 1.54) is 64.2 Å². The lowest BCUT2D eigenvalue weighted by molar-refractivity contribution is -0.0971. The second-order valence-electron chi connectivity index (χ2n) is 12.7. The van der Waals surface area contributed by atoms with Gasteiger partial charge in [-0.1, -0.05) is 85.7 Å². The molecule has 0 N–H and O–H groups in total. The highest BCUT2D eigenvalue weighted by Gasteiger charge is 2.66. The summed E-state index contributed by atoms with van der Waals surface area (Å²) in [5, 5.41) is 0.338. The summed E-state index contributed by atoms with van der Waals surface area (Å²) in [6.07, 6.45) is 15.1. The van der Waals surface area contributed by atoms with E-state index in [-0.39, 0.29) is 4.32 Å². The number of hydrogen-bond acceptors (Lipinski definition) is 0. The Morgan fingerprint density at radius 2 is 1.70 bits per heavy atom. The van der Waals surface area contributed by atoms with Crippen molar-refractivity contribution in [2.24, 2.45) is 46.3 Å². The predicted molar refractivity (Wildman–Crippen MR) is 139 cm³/mol. The fourth-order valence-electron chi connectivity index (χ4n) is 9.16. The summed E-state index contributed by atoms with van der Waals surface area (Å²) in [6.45, 7) is 12.7. The number of halogens is 3. The van der Waals surface area contributed by atoms with Crippen LogP contribution in [0.15, 0.2) is 0 Å². The molecule has 0 aromatic heterocycles. The van der Waals surface area contributed by atoms with Gasteiger partial charge in [-0.15, -0.1) is 11.6 Å². The topological polar surface area (TPSA) is 0 Å². The van der Waals surface area contributed by atoms with Crippen LogP contribution in [0.3, 0.4) is 0 Å². The summed E-state index contributed by atoms with van der Waals surface area (Å²) in [6, 6.07) is 0. The van der Waals surface area contributed by atoms with Crippen molar-refractivity contribution in [1.82, 2.24) is 0 Å². The van der Waals surface area contributed by atoms with Gasteiger partial charge in [0.05, 0.1) is 0 Å². The lowest BCUT2D eigenvalue weighted by Crippen LogP contribution is -2.64. The molecule has 3 heteroatoms. The molecule has 30 heavy (non-hydrogen) atoms. The summed E-state index contributed by atoms with van der Waals surface area (Å²) >= 11 is 15.2. The molecule has 10 unspecified atom stereocenters.